The summed E-state index contributed by atoms with van der Waals surface area (Å²) in [6, 6.07) is 8.79. The number of carbonyl (C=O) groups is 3. The first kappa shape index (κ1) is 37.4. The molecule has 20 heteroatoms. The van der Waals surface area contributed by atoms with Crippen LogP contribution in [0.1, 0.15) is 29.0 Å². The summed E-state index contributed by atoms with van der Waals surface area (Å²) < 4.78 is 15.3. The largest absolute Gasteiger partial charge is 0.477 e. The van der Waals surface area contributed by atoms with E-state index in [2.05, 4.69) is 5.32 Å². The normalized spacial score (nSPS) is 15.8. The van der Waals surface area contributed by atoms with Crippen LogP contribution in [0.2, 0.25) is 0 Å². The Hall–Kier alpha value is -4.05. The Morgan fingerprint density at radius 1 is 0.681 bits per heavy atom. The van der Waals surface area contributed by atoms with Gasteiger partial charge in [0, 0.05) is 51.4 Å². The highest BCUT2D eigenvalue weighted by Gasteiger charge is 2.22. The van der Waals surface area contributed by atoms with E-state index < -0.39 is 15.8 Å². The topological polar surface area (TPSA) is 230 Å². The van der Waals surface area contributed by atoms with Gasteiger partial charge in [-0.1, -0.05) is 22.7 Å². The standard InChI is InChI=1S/C9H10N2O4S.C9H12N2O2S.C5H3NO4S.C4H9NO/c12-9(10-3-5-15-6-4-10)7-1-2-8(16-7)11(13)14;10-8-2-1-7(14-8)9(12)11-3-5-13-6-4-11;7-5(8)3-1-2-4(11-3)6(9)10;1-3-6-4-2-5-1/h1-2H,3-6H2;1-2H,3-6,10H2;1-2H,(H,7,8);5H,1-4H2. The fourth-order valence-electron chi connectivity index (χ4n) is 3.91. The number of carbonyl (C=O) groups excluding carboxylic acids is 2. The number of carboxylic acid groups (broad SMARTS) is 1. The van der Waals surface area contributed by atoms with Crippen molar-refractivity contribution in [3.8, 4) is 0 Å². The van der Waals surface area contributed by atoms with Crippen LogP contribution in [-0.4, -0.2) is 121 Å². The molecule has 0 aromatic carbocycles. The summed E-state index contributed by atoms with van der Waals surface area (Å²) in [4.78, 5) is 58.0. The number of nitrogen functional groups attached to an aromatic ring is 1. The van der Waals surface area contributed by atoms with E-state index in [1.54, 1.807) is 21.9 Å². The van der Waals surface area contributed by atoms with Crippen molar-refractivity contribution in [1.29, 1.82) is 0 Å². The number of nitrogens with zero attached hydrogens (tertiary/aromatic N) is 4. The zero-order valence-corrected chi connectivity index (χ0v) is 27.5. The molecule has 47 heavy (non-hydrogen) atoms. The fourth-order valence-corrected chi connectivity index (χ4v) is 6.10. The number of hydrogen-bond donors (Lipinski definition) is 3. The molecule has 0 radical (unpaired) electrons. The molecule has 3 aromatic heterocycles. The SMILES string of the molecule is C1COCCN1.Nc1ccc(C(=O)N2CCOCC2)s1.O=C(O)c1ccc([N+](=O)[O-])s1.O=C(c1ccc([N+](=O)[O-])s1)N1CCOCC1. The van der Waals surface area contributed by atoms with E-state index in [-0.39, 0.29) is 26.7 Å². The molecule has 6 rings (SSSR count). The lowest BCUT2D eigenvalue weighted by atomic mass is 10.3. The summed E-state index contributed by atoms with van der Waals surface area (Å²) >= 11 is 2.90. The van der Waals surface area contributed by atoms with E-state index in [0.29, 0.717) is 78.7 Å². The van der Waals surface area contributed by atoms with E-state index in [1.165, 1.54) is 35.6 Å². The molecule has 3 aromatic rings. The molecule has 6 heterocycles. The summed E-state index contributed by atoms with van der Waals surface area (Å²) in [5, 5.41) is 32.6. The van der Waals surface area contributed by atoms with Gasteiger partial charge >= 0.3 is 16.0 Å². The summed E-state index contributed by atoms with van der Waals surface area (Å²) in [6.45, 7) is 8.60. The number of nitro groups is 2. The number of anilines is 1. The second-order valence-corrected chi connectivity index (χ2v) is 12.7. The molecular formula is C27H34N6O11S3. The zero-order valence-electron chi connectivity index (χ0n) is 25.1. The van der Waals surface area contributed by atoms with Gasteiger partial charge in [-0.25, -0.2) is 4.79 Å². The van der Waals surface area contributed by atoms with Crippen molar-refractivity contribution >= 4 is 66.8 Å². The number of aromatic carboxylic acids is 1. The summed E-state index contributed by atoms with van der Waals surface area (Å²) in [6.07, 6.45) is 0. The molecule has 0 aliphatic carbocycles. The first-order valence-corrected chi connectivity index (χ1v) is 16.6. The maximum atomic E-state index is 11.9. The quantitative estimate of drug-likeness (QED) is 0.255. The third-order valence-corrected chi connectivity index (χ3v) is 9.20. The van der Waals surface area contributed by atoms with Crippen molar-refractivity contribution in [2.45, 2.75) is 0 Å². The maximum absolute atomic E-state index is 11.9. The average Bonchev–Trinajstić information content (AvgIpc) is 3.88. The second-order valence-electron chi connectivity index (χ2n) is 9.47. The average molecular weight is 715 g/mol. The Bertz CT molecular complexity index is 1440. The lowest BCUT2D eigenvalue weighted by Gasteiger charge is -2.26. The van der Waals surface area contributed by atoms with Crippen molar-refractivity contribution in [2.75, 3.05) is 84.6 Å². The number of hydrogen-bond acceptors (Lipinski definition) is 15. The van der Waals surface area contributed by atoms with Gasteiger partial charge in [-0.3, -0.25) is 29.8 Å². The molecule has 2 amide bonds. The highest BCUT2D eigenvalue weighted by molar-refractivity contribution is 7.18. The number of rotatable bonds is 5. The molecular weight excluding hydrogens is 681 g/mol. The molecule has 3 fully saturated rings. The third-order valence-electron chi connectivity index (χ3n) is 6.25. The van der Waals surface area contributed by atoms with Crippen LogP contribution in [0, 0.1) is 20.2 Å². The summed E-state index contributed by atoms with van der Waals surface area (Å²) in [5.74, 6) is -1.22. The van der Waals surface area contributed by atoms with Crippen LogP contribution in [0.3, 0.4) is 0 Å². The van der Waals surface area contributed by atoms with Gasteiger partial charge in [0.15, 0.2) is 0 Å². The summed E-state index contributed by atoms with van der Waals surface area (Å²) in [7, 11) is 0. The molecule has 17 nitrogen and oxygen atoms in total. The van der Waals surface area contributed by atoms with Gasteiger partial charge in [-0.2, -0.15) is 0 Å². The molecule has 0 bridgehead atoms. The molecule has 0 unspecified atom stereocenters. The van der Waals surface area contributed by atoms with Crippen molar-refractivity contribution in [2.24, 2.45) is 0 Å². The number of amides is 2. The number of nitrogens with two attached hydrogens (primary N) is 1. The summed E-state index contributed by atoms with van der Waals surface area (Å²) in [5.41, 5.74) is 5.57. The van der Waals surface area contributed by atoms with E-state index in [0.717, 1.165) is 37.6 Å². The van der Waals surface area contributed by atoms with Gasteiger partial charge in [0.05, 0.1) is 64.2 Å². The van der Waals surface area contributed by atoms with Crippen LogP contribution in [0.25, 0.3) is 0 Å². The Balaban J connectivity index is 0.000000178. The predicted molar refractivity (Wildman–Crippen MR) is 175 cm³/mol. The number of carboxylic acids is 1. The Kier molecular flexibility index (Phi) is 15.6. The zero-order chi connectivity index (χ0) is 34.2. The molecule has 0 saturated carbocycles. The predicted octanol–water partition coefficient (Wildman–Crippen LogP) is 2.89. The number of thiophene rings is 3. The van der Waals surface area contributed by atoms with Crippen LogP contribution in [0.5, 0.6) is 0 Å². The maximum Gasteiger partial charge on any atom is 0.346 e. The van der Waals surface area contributed by atoms with Crippen molar-refractivity contribution in [3.63, 3.8) is 0 Å². The monoisotopic (exact) mass is 714 g/mol. The highest BCUT2D eigenvalue weighted by atomic mass is 32.1. The van der Waals surface area contributed by atoms with E-state index in [1.807, 2.05) is 0 Å². The molecule has 3 aliphatic heterocycles. The molecule has 3 saturated heterocycles. The van der Waals surface area contributed by atoms with Crippen LogP contribution < -0.4 is 11.1 Å². The van der Waals surface area contributed by atoms with Gasteiger partial charge in [-0.15, -0.1) is 11.3 Å². The lowest BCUT2D eigenvalue weighted by molar-refractivity contribution is -0.380. The second kappa shape index (κ2) is 19.6. The van der Waals surface area contributed by atoms with Crippen LogP contribution in [0.4, 0.5) is 15.0 Å². The van der Waals surface area contributed by atoms with Crippen molar-refractivity contribution < 1.29 is 43.5 Å². The Morgan fingerprint density at radius 2 is 1.09 bits per heavy atom. The van der Waals surface area contributed by atoms with Gasteiger partial charge in [-0.05, 0) is 24.3 Å². The van der Waals surface area contributed by atoms with Crippen molar-refractivity contribution in [1.82, 2.24) is 15.1 Å². The molecule has 256 valence electrons. The van der Waals surface area contributed by atoms with Crippen LogP contribution >= 0.6 is 34.0 Å². The van der Waals surface area contributed by atoms with Gasteiger partial charge < -0.3 is 40.2 Å². The Labute approximate surface area is 280 Å². The molecule has 0 atom stereocenters. The van der Waals surface area contributed by atoms with E-state index in [4.69, 9.17) is 25.1 Å². The number of morpholine rings is 3. The van der Waals surface area contributed by atoms with Crippen LogP contribution in [-0.2, 0) is 14.2 Å². The van der Waals surface area contributed by atoms with Gasteiger partial charge in [0.1, 0.15) is 4.88 Å². The minimum absolute atomic E-state index is 0.00314. The Morgan fingerprint density at radius 3 is 1.40 bits per heavy atom. The first-order chi connectivity index (χ1) is 22.6. The van der Waals surface area contributed by atoms with Gasteiger partial charge in [0.25, 0.3) is 11.8 Å². The highest BCUT2D eigenvalue weighted by Crippen LogP contribution is 2.25. The molecule has 0 spiro atoms. The van der Waals surface area contributed by atoms with E-state index in [9.17, 15) is 34.6 Å². The number of ether oxygens (including phenoxy) is 3. The smallest absolute Gasteiger partial charge is 0.346 e. The fraction of sp³-hybridized carbons (Fsp3) is 0.444. The van der Waals surface area contributed by atoms with Crippen molar-refractivity contribution in [3.05, 3.63) is 71.3 Å². The minimum Gasteiger partial charge on any atom is -0.477 e. The third kappa shape index (κ3) is 12.6. The number of nitrogens with one attached hydrogen (secondary N) is 1. The van der Waals surface area contributed by atoms with Gasteiger partial charge in [0.2, 0.25) is 0 Å². The van der Waals surface area contributed by atoms with Crippen LogP contribution in [0.15, 0.2) is 36.4 Å². The lowest BCUT2D eigenvalue weighted by Crippen LogP contribution is -2.40. The molecule has 4 N–H and O–H groups in total. The first-order valence-electron chi connectivity index (χ1n) is 14.2. The van der Waals surface area contributed by atoms with E-state index >= 15 is 0 Å². The minimum atomic E-state index is -1.14. The molecule has 3 aliphatic rings.